The Morgan fingerprint density at radius 3 is 2.12 bits per heavy atom. The molecule has 0 radical (unpaired) electrons. The van der Waals surface area contributed by atoms with Crippen LogP contribution < -0.4 is 5.32 Å². The first kappa shape index (κ1) is 18.1. The number of unbranched alkanes of at least 4 members (excludes halogenated alkanes) is 1. The predicted octanol–water partition coefficient (Wildman–Crippen LogP) is 3.54. The van der Waals surface area contributed by atoms with Crippen LogP contribution in [0.4, 0.5) is 4.79 Å². The molecule has 102 valence electrons. The van der Waals surface area contributed by atoms with Gasteiger partial charge in [-0.05, 0) is 19.3 Å². The third-order valence-corrected chi connectivity index (χ3v) is 2.28. The second-order valence-corrected chi connectivity index (χ2v) is 3.90. The summed E-state index contributed by atoms with van der Waals surface area (Å²) in [7, 11) is 0. The molecule has 1 unspecified atom stereocenters. The molecule has 0 heterocycles. The number of amidine groups is 1. The number of hydrogen-bond acceptors (Lipinski definition) is 2. The van der Waals surface area contributed by atoms with E-state index >= 15 is 0 Å². The first-order valence-electron chi connectivity index (χ1n) is 6.23. The number of rotatable bonds is 7. The fourth-order valence-corrected chi connectivity index (χ4v) is 1.40. The van der Waals surface area contributed by atoms with Gasteiger partial charge in [-0.1, -0.05) is 33.6 Å². The quantitative estimate of drug-likeness (QED) is 0.408. The van der Waals surface area contributed by atoms with Crippen molar-refractivity contribution >= 4 is 12.0 Å². The van der Waals surface area contributed by atoms with E-state index in [2.05, 4.69) is 26.1 Å². The van der Waals surface area contributed by atoms with E-state index < -0.39 is 6.16 Å². The van der Waals surface area contributed by atoms with E-state index in [0.29, 0.717) is 11.9 Å². The molecule has 1 atom stereocenters. The van der Waals surface area contributed by atoms with Gasteiger partial charge in [-0.2, -0.15) is 0 Å². The summed E-state index contributed by atoms with van der Waals surface area (Å²) >= 11 is 0. The average Bonchev–Trinajstić information content (AvgIpc) is 2.23. The first-order valence-corrected chi connectivity index (χ1v) is 6.23. The van der Waals surface area contributed by atoms with Gasteiger partial charge in [0.05, 0.1) is 5.84 Å². The SMILES string of the molecule is CCCCC(CC)NC(=N)CCC.O=C(O)O. The predicted molar refractivity (Wildman–Crippen MR) is 70.0 cm³/mol. The molecule has 0 aromatic rings. The molecular formula is C12H26N2O3. The molecule has 0 rings (SSSR count). The largest absolute Gasteiger partial charge is 0.503 e. The van der Waals surface area contributed by atoms with Crippen molar-refractivity contribution in [1.82, 2.24) is 5.32 Å². The molecule has 0 fully saturated rings. The van der Waals surface area contributed by atoms with E-state index in [0.717, 1.165) is 19.3 Å². The fraction of sp³-hybridized carbons (Fsp3) is 0.833. The van der Waals surface area contributed by atoms with Crippen molar-refractivity contribution < 1.29 is 15.0 Å². The van der Waals surface area contributed by atoms with Crippen molar-refractivity contribution in [3.8, 4) is 0 Å². The summed E-state index contributed by atoms with van der Waals surface area (Å²) < 4.78 is 0. The second-order valence-electron chi connectivity index (χ2n) is 3.90. The van der Waals surface area contributed by atoms with Crippen LogP contribution >= 0.6 is 0 Å². The van der Waals surface area contributed by atoms with E-state index in [1.165, 1.54) is 19.3 Å². The lowest BCUT2D eigenvalue weighted by Gasteiger charge is -2.18. The summed E-state index contributed by atoms with van der Waals surface area (Å²) in [6.45, 7) is 6.51. The normalized spacial score (nSPS) is 11.0. The summed E-state index contributed by atoms with van der Waals surface area (Å²) in [4.78, 5) is 8.56. The maximum Gasteiger partial charge on any atom is 0.503 e. The number of nitrogens with one attached hydrogen (secondary N) is 2. The Morgan fingerprint density at radius 2 is 1.76 bits per heavy atom. The molecule has 0 saturated carbocycles. The highest BCUT2D eigenvalue weighted by molar-refractivity contribution is 5.79. The van der Waals surface area contributed by atoms with Crippen LogP contribution in [0, 0.1) is 5.41 Å². The van der Waals surface area contributed by atoms with Gasteiger partial charge in [-0.15, -0.1) is 0 Å². The molecule has 5 nitrogen and oxygen atoms in total. The molecule has 0 aromatic heterocycles. The van der Waals surface area contributed by atoms with Gasteiger partial charge in [-0.3, -0.25) is 5.41 Å². The highest BCUT2D eigenvalue weighted by atomic mass is 16.6. The van der Waals surface area contributed by atoms with E-state index in [9.17, 15) is 0 Å². The van der Waals surface area contributed by atoms with Crippen LogP contribution in [0.25, 0.3) is 0 Å². The van der Waals surface area contributed by atoms with Crippen molar-refractivity contribution in [3.63, 3.8) is 0 Å². The smallest absolute Gasteiger partial charge is 0.450 e. The molecule has 0 aliphatic carbocycles. The van der Waals surface area contributed by atoms with Gasteiger partial charge in [-0.25, -0.2) is 4.79 Å². The summed E-state index contributed by atoms with van der Waals surface area (Å²) in [6, 6.07) is 0.527. The summed E-state index contributed by atoms with van der Waals surface area (Å²) in [5.74, 6) is 0.713. The van der Waals surface area contributed by atoms with Gasteiger partial charge in [0, 0.05) is 12.5 Å². The molecule has 0 bridgehead atoms. The molecule has 17 heavy (non-hydrogen) atoms. The minimum Gasteiger partial charge on any atom is -0.450 e. The third kappa shape index (κ3) is 17.4. The zero-order valence-electron chi connectivity index (χ0n) is 11.1. The number of carboxylic acid groups (broad SMARTS) is 2. The molecule has 0 aliphatic heterocycles. The Labute approximate surface area is 104 Å². The molecule has 4 N–H and O–H groups in total. The molecule has 0 aromatic carbocycles. The van der Waals surface area contributed by atoms with Crippen molar-refractivity contribution in [2.75, 3.05) is 0 Å². The highest BCUT2D eigenvalue weighted by Gasteiger charge is 2.05. The van der Waals surface area contributed by atoms with Crippen LogP contribution in [-0.2, 0) is 0 Å². The average molecular weight is 246 g/mol. The van der Waals surface area contributed by atoms with Gasteiger partial charge >= 0.3 is 6.16 Å². The maximum atomic E-state index is 8.56. The van der Waals surface area contributed by atoms with Crippen LogP contribution in [0.3, 0.4) is 0 Å². The molecule has 5 heteroatoms. The van der Waals surface area contributed by atoms with Crippen molar-refractivity contribution in [1.29, 1.82) is 5.41 Å². The maximum absolute atomic E-state index is 8.56. The molecule has 0 aliphatic rings. The highest BCUT2D eigenvalue weighted by Crippen LogP contribution is 2.04. The van der Waals surface area contributed by atoms with Crippen molar-refractivity contribution in [2.24, 2.45) is 0 Å². The minimum absolute atomic E-state index is 0.527. The van der Waals surface area contributed by atoms with Gasteiger partial charge in [0.1, 0.15) is 0 Å². The van der Waals surface area contributed by atoms with Crippen LogP contribution in [0.2, 0.25) is 0 Å². The van der Waals surface area contributed by atoms with Crippen LogP contribution in [0.5, 0.6) is 0 Å². The van der Waals surface area contributed by atoms with Crippen molar-refractivity contribution in [3.05, 3.63) is 0 Å². The number of carbonyl (C=O) groups is 1. The van der Waals surface area contributed by atoms with E-state index in [-0.39, 0.29) is 0 Å². The molecular weight excluding hydrogens is 220 g/mol. The monoisotopic (exact) mass is 246 g/mol. The number of hydrogen-bond donors (Lipinski definition) is 4. The molecule has 0 amide bonds. The Morgan fingerprint density at radius 1 is 1.24 bits per heavy atom. The Bertz CT molecular complexity index is 204. The standard InChI is InChI=1S/C11H24N2.CH2O3/c1-4-7-9-10(6-3)13-11(12)8-5-2;2-1(3)4/h10H,4-9H2,1-3H3,(H2,12,13);(H2,2,3,4). The lowest BCUT2D eigenvalue weighted by Crippen LogP contribution is -2.33. The molecule has 0 saturated heterocycles. The summed E-state index contributed by atoms with van der Waals surface area (Å²) in [5, 5.41) is 24.9. The Kier molecular flexibility index (Phi) is 13.6. The van der Waals surface area contributed by atoms with Crippen LogP contribution in [0.1, 0.15) is 59.3 Å². The van der Waals surface area contributed by atoms with E-state index in [1.807, 2.05) is 0 Å². The van der Waals surface area contributed by atoms with Gasteiger partial charge in [0.25, 0.3) is 0 Å². The minimum atomic E-state index is -1.83. The Hall–Kier alpha value is -1.26. The van der Waals surface area contributed by atoms with E-state index in [1.54, 1.807) is 0 Å². The lowest BCUT2D eigenvalue weighted by molar-refractivity contribution is 0.137. The van der Waals surface area contributed by atoms with Crippen LogP contribution in [0.15, 0.2) is 0 Å². The van der Waals surface area contributed by atoms with Gasteiger partial charge in [0.2, 0.25) is 0 Å². The first-order chi connectivity index (χ1) is 7.97. The van der Waals surface area contributed by atoms with Gasteiger partial charge < -0.3 is 15.5 Å². The lowest BCUT2D eigenvalue weighted by atomic mass is 10.1. The van der Waals surface area contributed by atoms with Gasteiger partial charge in [0.15, 0.2) is 0 Å². The van der Waals surface area contributed by atoms with E-state index in [4.69, 9.17) is 20.4 Å². The summed E-state index contributed by atoms with van der Waals surface area (Å²) in [6.07, 6.45) is 4.98. The zero-order valence-corrected chi connectivity index (χ0v) is 11.1. The van der Waals surface area contributed by atoms with Crippen LogP contribution in [-0.4, -0.2) is 28.2 Å². The molecule has 0 spiro atoms. The summed E-state index contributed by atoms with van der Waals surface area (Å²) in [5.41, 5.74) is 0. The topological polar surface area (TPSA) is 93.4 Å². The second kappa shape index (κ2) is 12.8. The fourth-order valence-electron chi connectivity index (χ4n) is 1.40. The Balaban J connectivity index is 0. The third-order valence-electron chi connectivity index (χ3n) is 2.28. The zero-order chi connectivity index (χ0) is 13.7. The van der Waals surface area contributed by atoms with Crippen molar-refractivity contribution in [2.45, 2.75) is 65.3 Å².